The number of benzene rings is 1. The summed E-state index contributed by atoms with van der Waals surface area (Å²) in [5.41, 5.74) is 7.33. The van der Waals surface area contributed by atoms with Crippen molar-refractivity contribution in [1.29, 1.82) is 0 Å². The molecular weight excluding hydrogens is 230 g/mol. The monoisotopic (exact) mass is 249 g/mol. The minimum absolute atomic E-state index is 0.0151. The summed E-state index contributed by atoms with van der Waals surface area (Å²) in [4.78, 5) is 15.9. The van der Waals surface area contributed by atoms with Crippen LogP contribution in [0.15, 0.2) is 18.2 Å². The van der Waals surface area contributed by atoms with E-state index in [1.165, 1.54) is 0 Å². The second-order valence-corrected chi connectivity index (χ2v) is 4.35. The lowest BCUT2D eigenvalue weighted by Gasteiger charge is -2.25. The Kier molecular flexibility index (Phi) is 3.72. The first-order valence-corrected chi connectivity index (χ1v) is 6.07. The van der Waals surface area contributed by atoms with Crippen molar-refractivity contribution in [1.82, 2.24) is 0 Å². The third-order valence-electron chi connectivity index (χ3n) is 3.23. The zero-order valence-corrected chi connectivity index (χ0v) is 10.8. The van der Waals surface area contributed by atoms with Gasteiger partial charge < -0.3 is 20.3 Å². The summed E-state index contributed by atoms with van der Waals surface area (Å²) in [7, 11) is 3.64. The van der Waals surface area contributed by atoms with Crippen LogP contribution in [0.2, 0.25) is 0 Å². The Bertz CT molecular complexity index is 448. The van der Waals surface area contributed by atoms with Crippen LogP contribution in [0.5, 0.6) is 5.75 Å². The van der Waals surface area contributed by atoms with E-state index in [-0.39, 0.29) is 12.5 Å². The van der Waals surface area contributed by atoms with Crippen LogP contribution in [0.4, 0.5) is 11.4 Å². The largest absolute Gasteiger partial charge is 0.494 e. The van der Waals surface area contributed by atoms with E-state index < -0.39 is 0 Å². The first-order chi connectivity index (χ1) is 8.69. The Balaban J connectivity index is 2.55. The number of fused-ring (bicyclic) bond motifs is 1. The molecule has 18 heavy (non-hydrogen) atoms. The molecule has 5 nitrogen and oxygen atoms in total. The summed E-state index contributed by atoms with van der Waals surface area (Å²) < 4.78 is 5.38. The van der Waals surface area contributed by atoms with Crippen molar-refractivity contribution in [3.63, 3.8) is 0 Å². The van der Waals surface area contributed by atoms with Crippen LogP contribution in [0, 0.1) is 0 Å². The van der Waals surface area contributed by atoms with Gasteiger partial charge in [0.15, 0.2) is 0 Å². The van der Waals surface area contributed by atoms with E-state index in [2.05, 4.69) is 4.90 Å². The second kappa shape index (κ2) is 5.27. The van der Waals surface area contributed by atoms with Gasteiger partial charge in [-0.1, -0.05) is 6.07 Å². The van der Waals surface area contributed by atoms with Gasteiger partial charge in [0.05, 0.1) is 19.3 Å². The number of para-hydroxylation sites is 1. The molecule has 0 saturated carbocycles. The predicted molar refractivity (Wildman–Crippen MR) is 72.3 cm³/mol. The van der Waals surface area contributed by atoms with Crippen molar-refractivity contribution >= 4 is 17.3 Å². The molecule has 1 aromatic carbocycles. The van der Waals surface area contributed by atoms with E-state index in [1.807, 2.05) is 25.2 Å². The van der Waals surface area contributed by atoms with Gasteiger partial charge in [-0.2, -0.15) is 0 Å². The number of amides is 1. The maximum atomic E-state index is 12.0. The fourth-order valence-electron chi connectivity index (χ4n) is 2.31. The van der Waals surface area contributed by atoms with Crippen LogP contribution >= 0.6 is 0 Å². The molecule has 1 aromatic rings. The van der Waals surface area contributed by atoms with Crippen molar-refractivity contribution in [2.24, 2.45) is 5.73 Å². The third kappa shape index (κ3) is 2.13. The molecule has 1 aliphatic heterocycles. The van der Waals surface area contributed by atoms with Crippen LogP contribution in [0.25, 0.3) is 0 Å². The highest BCUT2D eigenvalue weighted by Gasteiger charge is 2.25. The number of anilines is 2. The van der Waals surface area contributed by atoms with Crippen molar-refractivity contribution < 1.29 is 9.53 Å². The van der Waals surface area contributed by atoms with E-state index in [9.17, 15) is 4.79 Å². The lowest BCUT2D eigenvalue weighted by atomic mass is 10.2. The molecule has 1 heterocycles. The maximum Gasteiger partial charge on any atom is 0.240 e. The molecule has 0 spiro atoms. The van der Waals surface area contributed by atoms with E-state index in [4.69, 9.17) is 10.5 Å². The molecule has 2 N–H and O–H groups in total. The molecule has 0 aromatic heterocycles. The molecule has 0 unspecified atom stereocenters. The summed E-state index contributed by atoms with van der Waals surface area (Å²) in [6.07, 6.45) is 0.917. The van der Waals surface area contributed by atoms with Crippen LogP contribution in [-0.4, -0.2) is 39.7 Å². The highest BCUT2D eigenvalue weighted by molar-refractivity contribution is 6.00. The molecular formula is C13H19N3O2. The van der Waals surface area contributed by atoms with Crippen molar-refractivity contribution in [2.45, 2.75) is 6.42 Å². The number of carbonyl (C=O) groups is 1. The maximum absolute atomic E-state index is 12.0. The van der Waals surface area contributed by atoms with Crippen molar-refractivity contribution in [2.75, 3.05) is 43.6 Å². The summed E-state index contributed by atoms with van der Waals surface area (Å²) in [6, 6.07) is 5.80. The molecule has 1 aliphatic rings. The standard InChI is InChI=1S/C13H19N3O2/c1-15-7-4-8-16(12(17)9-14)13-10(15)5-3-6-11(13)18-2/h3,5-6H,4,7-9,14H2,1-2H3. The highest BCUT2D eigenvalue weighted by atomic mass is 16.5. The molecule has 0 fully saturated rings. The number of nitrogens with two attached hydrogens (primary N) is 1. The zero-order valence-electron chi connectivity index (χ0n) is 10.8. The topological polar surface area (TPSA) is 58.8 Å². The Morgan fingerprint density at radius 1 is 1.44 bits per heavy atom. The van der Waals surface area contributed by atoms with Gasteiger partial charge in [0.1, 0.15) is 11.4 Å². The number of nitrogens with zero attached hydrogens (tertiary/aromatic N) is 2. The normalized spacial score (nSPS) is 15.1. The van der Waals surface area contributed by atoms with Gasteiger partial charge in [0, 0.05) is 20.1 Å². The van der Waals surface area contributed by atoms with Crippen molar-refractivity contribution in [3.8, 4) is 5.75 Å². The Morgan fingerprint density at radius 2 is 2.22 bits per heavy atom. The third-order valence-corrected chi connectivity index (χ3v) is 3.23. The average Bonchev–Trinajstić information content (AvgIpc) is 2.57. The lowest BCUT2D eigenvalue weighted by molar-refractivity contribution is -0.117. The van der Waals surface area contributed by atoms with Crippen LogP contribution in [0.1, 0.15) is 6.42 Å². The van der Waals surface area contributed by atoms with E-state index in [1.54, 1.807) is 12.0 Å². The number of hydrogen-bond donors (Lipinski definition) is 1. The van der Waals surface area contributed by atoms with E-state index in [0.717, 1.165) is 24.3 Å². The van der Waals surface area contributed by atoms with Crippen LogP contribution in [-0.2, 0) is 4.79 Å². The van der Waals surface area contributed by atoms with Gasteiger partial charge in [-0.05, 0) is 18.6 Å². The molecule has 98 valence electrons. The summed E-state index contributed by atoms with van der Waals surface area (Å²) in [5.74, 6) is 0.638. The number of ether oxygens (including phenoxy) is 1. The van der Waals surface area contributed by atoms with Crippen LogP contribution in [0.3, 0.4) is 0 Å². The zero-order chi connectivity index (χ0) is 13.1. The minimum atomic E-state index is -0.0731. The second-order valence-electron chi connectivity index (χ2n) is 4.35. The van der Waals surface area contributed by atoms with Crippen molar-refractivity contribution in [3.05, 3.63) is 18.2 Å². The van der Waals surface area contributed by atoms with E-state index in [0.29, 0.717) is 12.3 Å². The molecule has 0 radical (unpaired) electrons. The molecule has 2 rings (SSSR count). The Morgan fingerprint density at radius 3 is 2.89 bits per heavy atom. The molecule has 0 saturated heterocycles. The number of methoxy groups -OCH3 is 1. The van der Waals surface area contributed by atoms with Gasteiger partial charge in [-0.3, -0.25) is 4.79 Å². The highest BCUT2D eigenvalue weighted by Crippen LogP contribution is 2.39. The molecule has 1 amide bonds. The quantitative estimate of drug-likeness (QED) is 0.843. The number of hydrogen-bond acceptors (Lipinski definition) is 4. The van der Waals surface area contributed by atoms with Gasteiger partial charge in [0.25, 0.3) is 0 Å². The van der Waals surface area contributed by atoms with Gasteiger partial charge in [0.2, 0.25) is 5.91 Å². The fraction of sp³-hybridized carbons (Fsp3) is 0.462. The van der Waals surface area contributed by atoms with Crippen LogP contribution < -0.4 is 20.3 Å². The lowest BCUT2D eigenvalue weighted by Crippen LogP contribution is -2.36. The SMILES string of the molecule is COc1cccc2c1N(C(=O)CN)CCCN2C. The molecule has 5 heteroatoms. The summed E-state index contributed by atoms with van der Waals surface area (Å²) >= 11 is 0. The Hall–Kier alpha value is -1.75. The molecule has 0 aliphatic carbocycles. The van der Waals surface area contributed by atoms with Gasteiger partial charge >= 0.3 is 0 Å². The first kappa shape index (κ1) is 12.7. The van der Waals surface area contributed by atoms with E-state index >= 15 is 0 Å². The number of carbonyl (C=O) groups excluding carboxylic acids is 1. The summed E-state index contributed by atoms with van der Waals surface area (Å²) in [6.45, 7) is 1.60. The first-order valence-electron chi connectivity index (χ1n) is 6.07. The molecule has 0 atom stereocenters. The minimum Gasteiger partial charge on any atom is -0.494 e. The smallest absolute Gasteiger partial charge is 0.240 e. The molecule has 0 bridgehead atoms. The van der Waals surface area contributed by atoms with Gasteiger partial charge in [-0.25, -0.2) is 0 Å². The Labute approximate surface area is 107 Å². The average molecular weight is 249 g/mol. The summed E-state index contributed by atoms with van der Waals surface area (Å²) in [5, 5.41) is 0. The fourth-order valence-corrected chi connectivity index (χ4v) is 2.31. The van der Waals surface area contributed by atoms with Gasteiger partial charge in [-0.15, -0.1) is 0 Å². The number of rotatable bonds is 2. The predicted octanol–water partition coefficient (Wildman–Crippen LogP) is 0.827.